The molecule has 53 heavy (non-hydrogen) atoms. The maximum absolute atomic E-state index is 14.4. The first-order chi connectivity index (χ1) is 24.8. The summed E-state index contributed by atoms with van der Waals surface area (Å²) in [6.07, 6.45) is 2.22. The van der Waals surface area contributed by atoms with E-state index in [1.165, 1.54) is 33.9 Å². The van der Waals surface area contributed by atoms with E-state index >= 15 is 0 Å². The number of phenols is 1. The first-order valence-corrected chi connectivity index (χ1v) is 19.3. The minimum absolute atomic E-state index is 0.00169. The van der Waals surface area contributed by atoms with E-state index in [0.717, 1.165) is 0 Å². The summed E-state index contributed by atoms with van der Waals surface area (Å²) in [6, 6.07) is 0.499. The highest BCUT2D eigenvalue weighted by Gasteiger charge is 2.43. The van der Waals surface area contributed by atoms with Crippen molar-refractivity contribution in [3.8, 4) is 5.75 Å². The second-order valence-electron chi connectivity index (χ2n) is 16.7. The van der Waals surface area contributed by atoms with E-state index < -0.39 is 65.8 Å². The zero-order valence-corrected chi connectivity index (χ0v) is 33.5. The van der Waals surface area contributed by atoms with Crippen molar-refractivity contribution in [1.29, 1.82) is 0 Å². The van der Waals surface area contributed by atoms with Crippen molar-refractivity contribution in [3.63, 3.8) is 0 Å². The number of nitrogens with one attached hydrogen (secondary N) is 3. The van der Waals surface area contributed by atoms with Gasteiger partial charge in [-0.3, -0.25) is 28.8 Å². The van der Waals surface area contributed by atoms with Crippen molar-refractivity contribution >= 4 is 35.4 Å². The first kappa shape index (κ1) is 43.2. The van der Waals surface area contributed by atoms with Crippen molar-refractivity contribution in [1.82, 2.24) is 30.7 Å². The summed E-state index contributed by atoms with van der Waals surface area (Å²) in [5.41, 5.74) is 0.676. The highest BCUT2D eigenvalue weighted by molar-refractivity contribution is 5.98. The molecule has 13 nitrogen and oxygen atoms in total. The topological polar surface area (TPSA) is 168 Å². The Bertz CT molecular complexity index is 1450. The molecular formula is C40H64N6O7. The van der Waals surface area contributed by atoms with Gasteiger partial charge in [0, 0.05) is 27.1 Å². The zero-order valence-electron chi connectivity index (χ0n) is 33.5. The number of likely N-dealkylation sites (N-methyl/N-ethyl adjacent to an activating group) is 2. The van der Waals surface area contributed by atoms with Crippen LogP contribution < -0.4 is 16.0 Å². The Balaban J connectivity index is 2.19. The average molecular weight is 741 g/mol. The first-order valence-electron chi connectivity index (χ1n) is 19.3. The predicted molar refractivity (Wildman–Crippen MR) is 203 cm³/mol. The van der Waals surface area contributed by atoms with Gasteiger partial charge in [-0.15, -0.1) is 0 Å². The Labute approximate surface area is 316 Å². The molecule has 2 saturated heterocycles. The van der Waals surface area contributed by atoms with E-state index in [1.807, 2.05) is 55.4 Å². The van der Waals surface area contributed by atoms with Crippen molar-refractivity contribution in [3.05, 3.63) is 29.8 Å². The molecule has 1 aromatic carbocycles. The van der Waals surface area contributed by atoms with E-state index in [1.54, 1.807) is 19.2 Å². The molecule has 4 N–H and O–H groups in total. The van der Waals surface area contributed by atoms with Gasteiger partial charge in [-0.1, -0.05) is 67.5 Å². The Morgan fingerprint density at radius 1 is 0.604 bits per heavy atom. The third-order valence-electron chi connectivity index (χ3n) is 10.1. The SMILES string of the molecule is CC(C)C[C@@H]1NC(=O)[C@H](Cc2ccc(O)cc2)N(C)C(=O)[C@H]2CCCN2C(=O)[C@H](CC(C)C)NC(=O)[C@H](CC(C)C)N(C)C(=O)[C@@H](CC(C)C)NC1=O. The minimum Gasteiger partial charge on any atom is -0.508 e. The van der Waals surface area contributed by atoms with Crippen LogP contribution in [0.15, 0.2) is 24.3 Å². The lowest BCUT2D eigenvalue weighted by Gasteiger charge is -2.37. The smallest absolute Gasteiger partial charge is 0.245 e. The number of carbonyl (C=O) groups excluding carboxylic acids is 6. The van der Waals surface area contributed by atoms with Crippen LogP contribution >= 0.6 is 0 Å². The molecule has 6 atom stereocenters. The van der Waals surface area contributed by atoms with Crippen LogP contribution in [-0.2, 0) is 35.2 Å². The molecule has 0 aliphatic carbocycles. The van der Waals surface area contributed by atoms with Crippen LogP contribution in [0, 0.1) is 23.7 Å². The van der Waals surface area contributed by atoms with Gasteiger partial charge in [0.15, 0.2) is 0 Å². The van der Waals surface area contributed by atoms with Gasteiger partial charge in [-0.2, -0.15) is 0 Å². The lowest BCUT2D eigenvalue weighted by atomic mass is 9.96. The van der Waals surface area contributed by atoms with Gasteiger partial charge in [0.1, 0.15) is 42.0 Å². The summed E-state index contributed by atoms with van der Waals surface area (Å²) in [7, 11) is 3.08. The van der Waals surface area contributed by atoms with Crippen molar-refractivity contribution in [2.75, 3.05) is 20.6 Å². The second kappa shape index (κ2) is 19.3. The summed E-state index contributed by atoms with van der Waals surface area (Å²) in [5, 5.41) is 18.7. The van der Waals surface area contributed by atoms with Gasteiger partial charge in [0.2, 0.25) is 35.4 Å². The number of aromatic hydroxyl groups is 1. The lowest BCUT2D eigenvalue weighted by molar-refractivity contribution is -0.149. The second-order valence-corrected chi connectivity index (χ2v) is 16.7. The molecule has 1 aromatic rings. The summed E-state index contributed by atoms with van der Waals surface area (Å²) >= 11 is 0. The number of fused-ring (bicyclic) bond motifs is 1. The standard InChI is InChI=1S/C40H64N6O7/c1-23(2)18-29-35(48)42-30(19-24(3)4)38(51)44(9)33(21-26(7)8)36(49)43-31(20-25(5)6)39(52)46-17-11-12-32(46)40(53)45(10)34(37(50)41-29)22-27-13-15-28(47)16-14-27/h13-16,23-26,29-34,47H,11-12,17-22H2,1-10H3,(H,41,50)(H,42,48)(H,43,49)/t29-,30+,31-,32+,33-,34-/m0/s1. The molecule has 6 amide bonds. The molecular weight excluding hydrogens is 676 g/mol. The molecule has 0 unspecified atom stereocenters. The summed E-state index contributed by atoms with van der Waals surface area (Å²) < 4.78 is 0. The van der Waals surface area contributed by atoms with E-state index in [9.17, 15) is 33.9 Å². The van der Waals surface area contributed by atoms with E-state index in [4.69, 9.17) is 0 Å². The van der Waals surface area contributed by atoms with Crippen LogP contribution in [-0.4, -0.2) is 112 Å². The fraction of sp³-hybridized carbons (Fsp3) is 0.700. The maximum atomic E-state index is 14.4. The Kier molecular flexibility index (Phi) is 15.7. The Hall–Kier alpha value is -4.16. The Morgan fingerprint density at radius 3 is 1.60 bits per heavy atom. The average Bonchev–Trinajstić information content (AvgIpc) is 3.56. The fourth-order valence-corrected chi connectivity index (χ4v) is 7.32. The van der Waals surface area contributed by atoms with Gasteiger partial charge in [-0.05, 0) is 79.9 Å². The molecule has 0 aromatic heterocycles. The van der Waals surface area contributed by atoms with Crippen LogP contribution in [0.1, 0.15) is 99.5 Å². The van der Waals surface area contributed by atoms with Gasteiger partial charge in [0.05, 0.1) is 0 Å². The number of carbonyl (C=O) groups is 6. The molecule has 0 bridgehead atoms. The van der Waals surface area contributed by atoms with Crippen molar-refractivity contribution < 1.29 is 33.9 Å². The number of hydrogen-bond donors (Lipinski definition) is 4. The molecule has 13 heteroatoms. The highest BCUT2D eigenvalue weighted by atomic mass is 16.3. The fourth-order valence-electron chi connectivity index (χ4n) is 7.32. The molecule has 2 heterocycles. The third kappa shape index (κ3) is 11.9. The quantitative estimate of drug-likeness (QED) is 0.286. The number of rotatable bonds is 10. The Morgan fingerprint density at radius 2 is 1.06 bits per heavy atom. The van der Waals surface area contributed by atoms with Gasteiger partial charge in [-0.25, -0.2) is 0 Å². The number of nitrogens with zero attached hydrogens (tertiary/aromatic N) is 3. The van der Waals surface area contributed by atoms with E-state index in [-0.39, 0.29) is 48.2 Å². The van der Waals surface area contributed by atoms with Gasteiger partial charge in [0.25, 0.3) is 0 Å². The van der Waals surface area contributed by atoms with Crippen LogP contribution in [0.5, 0.6) is 5.75 Å². The summed E-state index contributed by atoms with van der Waals surface area (Å²) in [5.74, 6) is -2.72. The van der Waals surface area contributed by atoms with Crippen LogP contribution in [0.4, 0.5) is 0 Å². The number of benzene rings is 1. The number of hydrogen-bond acceptors (Lipinski definition) is 7. The van der Waals surface area contributed by atoms with E-state index in [0.29, 0.717) is 44.2 Å². The molecule has 0 radical (unpaired) electrons. The number of amides is 6. The van der Waals surface area contributed by atoms with Crippen molar-refractivity contribution in [2.24, 2.45) is 23.7 Å². The molecule has 0 spiro atoms. The maximum Gasteiger partial charge on any atom is 0.245 e. The largest absolute Gasteiger partial charge is 0.508 e. The molecule has 0 saturated carbocycles. The lowest BCUT2D eigenvalue weighted by Crippen LogP contribution is -2.62. The summed E-state index contributed by atoms with van der Waals surface area (Å²) in [6.45, 7) is 15.8. The van der Waals surface area contributed by atoms with Crippen molar-refractivity contribution in [2.45, 2.75) is 137 Å². The summed E-state index contributed by atoms with van der Waals surface area (Å²) in [4.78, 5) is 89.9. The monoisotopic (exact) mass is 740 g/mol. The normalized spacial score (nSPS) is 25.9. The van der Waals surface area contributed by atoms with Gasteiger partial charge < -0.3 is 35.8 Å². The minimum atomic E-state index is -1.08. The highest BCUT2D eigenvalue weighted by Crippen LogP contribution is 2.25. The molecule has 2 aliphatic heterocycles. The molecule has 296 valence electrons. The third-order valence-corrected chi connectivity index (χ3v) is 10.1. The predicted octanol–water partition coefficient (Wildman–Crippen LogP) is 3.23. The molecule has 3 rings (SSSR count). The van der Waals surface area contributed by atoms with Crippen LogP contribution in [0.3, 0.4) is 0 Å². The van der Waals surface area contributed by atoms with E-state index in [2.05, 4.69) is 16.0 Å². The molecule has 2 fully saturated rings. The number of phenolic OH excluding ortho intramolecular Hbond substituents is 1. The zero-order chi connectivity index (χ0) is 39.7. The van der Waals surface area contributed by atoms with Crippen LogP contribution in [0.25, 0.3) is 0 Å². The van der Waals surface area contributed by atoms with Gasteiger partial charge >= 0.3 is 0 Å². The van der Waals surface area contributed by atoms with Crippen LogP contribution in [0.2, 0.25) is 0 Å². The molecule has 2 aliphatic rings.